The van der Waals surface area contributed by atoms with Crippen molar-refractivity contribution >= 4 is 11.9 Å². The Morgan fingerprint density at radius 3 is 2.33 bits per heavy atom. The minimum absolute atomic E-state index is 0.494. The Labute approximate surface area is 155 Å². The zero-order valence-electron chi connectivity index (χ0n) is 15.0. The fourth-order valence-corrected chi connectivity index (χ4v) is 2.43. The first-order chi connectivity index (χ1) is 12.9. The van der Waals surface area contributed by atoms with Gasteiger partial charge in [-0.15, -0.1) is 0 Å². The number of esters is 1. The van der Waals surface area contributed by atoms with Crippen molar-refractivity contribution in [1.82, 2.24) is 5.32 Å². The van der Waals surface area contributed by atoms with Gasteiger partial charge in [0.15, 0.2) is 6.61 Å². The molecule has 0 bridgehead atoms. The lowest BCUT2D eigenvalue weighted by Crippen LogP contribution is -2.31. The van der Waals surface area contributed by atoms with Crippen LogP contribution in [0.25, 0.3) is 0 Å². The average Bonchev–Trinajstić information content (AvgIpc) is 2.65. The number of carbonyl (C=O) groups is 2. The van der Waals surface area contributed by atoms with Gasteiger partial charge < -0.3 is 19.5 Å². The molecule has 0 saturated heterocycles. The van der Waals surface area contributed by atoms with Gasteiger partial charge in [0, 0.05) is 5.56 Å². The Hall–Kier alpha value is -3.16. The SMILES string of the molecule is COc1ccc(OC)c([C@@H](C)NC(=O)COC(=O)c2c(F)cccc2F)c1. The van der Waals surface area contributed by atoms with Crippen molar-refractivity contribution in [2.45, 2.75) is 13.0 Å². The second kappa shape index (κ2) is 8.98. The quantitative estimate of drug-likeness (QED) is 0.749. The molecular formula is C19H19F2NO5. The topological polar surface area (TPSA) is 73.9 Å². The summed E-state index contributed by atoms with van der Waals surface area (Å²) in [6.45, 7) is 1.01. The van der Waals surface area contributed by atoms with Crippen LogP contribution >= 0.6 is 0 Å². The molecule has 1 atom stereocenters. The maximum atomic E-state index is 13.5. The van der Waals surface area contributed by atoms with Crippen LogP contribution in [0.15, 0.2) is 36.4 Å². The van der Waals surface area contributed by atoms with Crippen LogP contribution in [-0.2, 0) is 9.53 Å². The fraction of sp³-hybridized carbons (Fsp3) is 0.263. The van der Waals surface area contributed by atoms with Crippen LogP contribution in [0.1, 0.15) is 28.9 Å². The predicted molar refractivity (Wildman–Crippen MR) is 92.7 cm³/mol. The molecule has 1 N–H and O–H groups in total. The summed E-state index contributed by atoms with van der Waals surface area (Å²) in [6.07, 6.45) is 0. The van der Waals surface area contributed by atoms with Gasteiger partial charge in [0.25, 0.3) is 5.91 Å². The largest absolute Gasteiger partial charge is 0.497 e. The number of amides is 1. The summed E-state index contributed by atoms with van der Waals surface area (Å²) in [7, 11) is 3.00. The number of hydrogen-bond acceptors (Lipinski definition) is 5. The summed E-state index contributed by atoms with van der Waals surface area (Å²) < 4.78 is 42.2. The lowest BCUT2D eigenvalue weighted by molar-refractivity contribution is -0.124. The van der Waals surface area contributed by atoms with Crippen molar-refractivity contribution in [2.24, 2.45) is 0 Å². The molecule has 0 aliphatic heterocycles. The molecule has 0 radical (unpaired) electrons. The molecule has 0 fully saturated rings. The first-order valence-electron chi connectivity index (χ1n) is 7.99. The van der Waals surface area contributed by atoms with Crippen molar-refractivity contribution in [3.8, 4) is 11.5 Å². The molecule has 2 rings (SSSR count). The first kappa shape index (κ1) is 20.2. The van der Waals surface area contributed by atoms with Gasteiger partial charge in [0.1, 0.15) is 28.7 Å². The van der Waals surface area contributed by atoms with Gasteiger partial charge in [0.05, 0.1) is 20.3 Å². The normalized spacial score (nSPS) is 11.4. The van der Waals surface area contributed by atoms with Crippen molar-refractivity contribution < 1.29 is 32.6 Å². The molecule has 0 saturated carbocycles. The van der Waals surface area contributed by atoms with Crippen LogP contribution in [0.3, 0.4) is 0 Å². The molecule has 2 aromatic carbocycles. The van der Waals surface area contributed by atoms with E-state index in [1.54, 1.807) is 25.1 Å². The first-order valence-corrected chi connectivity index (χ1v) is 7.99. The zero-order valence-corrected chi connectivity index (χ0v) is 15.0. The lowest BCUT2D eigenvalue weighted by atomic mass is 10.1. The Morgan fingerprint density at radius 2 is 1.74 bits per heavy atom. The number of hydrogen-bond donors (Lipinski definition) is 1. The molecule has 0 heterocycles. The summed E-state index contributed by atoms with van der Waals surface area (Å²) in [5.41, 5.74) is -0.190. The molecule has 0 aromatic heterocycles. The Bertz CT molecular complexity index is 821. The maximum Gasteiger partial charge on any atom is 0.344 e. The Kier molecular flexibility index (Phi) is 6.70. The van der Waals surface area contributed by atoms with Crippen molar-refractivity contribution in [2.75, 3.05) is 20.8 Å². The van der Waals surface area contributed by atoms with Crippen LogP contribution in [0, 0.1) is 11.6 Å². The number of methoxy groups -OCH3 is 2. The molecule has 0 aliphatic rings. The zero-order chi connectivity index (χ0) is 20.0. The molecule has 6 nitrogen and oxygen atoms in total. The third-order valence-electron chi connectivity index (χ3n) is 3.78. The van der Waals surface area contributed by atoms with E-state index in [2.05, 4.69) is 5.32 Å². The van der Waals surface area contributed by atoms with E-state index in [0.717, 1.165) is 18.2 Å². The second-order valence-electron chi connectivity index (χ2n) is 5.57. The van der Waals surface area contributed by atoms with Crippen LogP contribution in [0.5, 0.6) is 11.5 Å². The molecule has 144 valence electrons. The third kappa shape index (κ3) is 4.93. The average molecular weight is 379 g/mol. The molecular weight excluding hydrogens is 360 g/mol. The summed E-state index contributed by atoms with van der Waals surface area (Å²) in [4.78, 5) is 23.9. The molecule has 0 aliphatic carbocycles. The standard InChI is InChI=1S/C19H19F2NO5/c1-11(13-9-12(25-2)7-8-16(13)26-3)22-17(23)10-27-19(24)18-14(20)5-4-6-15(18)21/h4-9,11H,10H2,1-3H3,(H,22,23)/t11-/m1/s1. The van der Waals surface area contributed by atoms with Gasteiger partial charge in [-0.25, -0.2) is 13.6 Å². The Balaban J connectivity index is 2.00. The highest BCUT2D eigenvalue weighted by atomic mass is 19.1. The van der Waals surface area contributed by atoms with Gasteiger partial charge in [-0.2, -0.15) is 0 Å². The van der Waals surface area contributed by atoms with Crippen molar-refractivity contribution in [3.05, 3.63) is 59.2 Å². The van der Waals surface area contributed by atoms with Crippen LogP contribution in [-0.4, -0.2) is 32.7 Å². The summed E-state index contributed by atoms with van der Waals surface area (Å²) in [5.74, 6) is -2.91. The lowest BCUT2D eigenvalue weighted by Gasteiger charge is -2.18. The monoisotopic (exact) mass is 379 g/mol. The number of ether oxygens (including phenoxy) is 3. The number of halogens is 2. The van der Waals surface area contributed by atoms with E-state index in [0.29, 0.717) is 17.1 Å². The highest BCUT2D eigenvalue weighted by molar-refractivity contribution is 5.91. The van der Waals surface area contributed by atoms with E-state index in [-0.39, 0.29) is 0 Å². The smallest absolute Gasteiger partial charge is 0.344 e. The highest BCUT2D eigenvalue weighted by Gasteiger charge is 2.21. The van der Waals surface area contributed by atoms with Crippen molar-refractivity contribution in [1.29, 1.82) is 0 Å². The maximum absolute atomic E-state index is 13.5. The van der Waals surface area contributed by atoms with E-state index in [1.165, 1.54) is 14.2 Å². The van der Waals surface area contributed by atoms with Crippen LogP contribution in [0.2, 0.25) is 0 Å². The summed E-state index contributed by atoms with van der Waals surface area (Å²) in [6, 6.07) is 7.58. The van der Waals surface area contributed by atoms with E-state index in [1.807, 2.05) is 0 Å². The fourth-order valence-electron chi connectivity index (χ4n) is 2.43. The summed E-state index contributed by atoms with van der Waals surface area (Å²) in [5, 5.41) is 2.62. The second-order valence-corrected chi connectivity index (χ2v) is 5.57. The molecule has 1 amide bonds. The predicted octanol–water partition coefficient (Wildman–Crippen LogP) is 3.02. The minimum atomic E-state index is -1.26. The molecule has 0 spiro atoms. The molecule has 8 heteroatoms. The van der Waals surface area contributed by atoms with Gasteiger partial charge in [-0.3, -0.25) is 4.79 Å². The number of rotatable bonds is 7. The van der Waals surface area contributed by atoms with Gasteiger partial charge in [0.2, 0.25) is 0 Å². The van der Waals surface area contributed by atoms with Gasteiger partial charge in [-0.1, -0.05) is 6.07 Å². The van der Waals surface area contributed by atoms with E-state index >= 15 is 0 Å². The number of nitrogens with one attached hydrogen (secondary N) is 1. The van der Waals surface area contributed by atoms with Crippen LogP contribution < -0.4 is 14.8 Å². The molecule has 27 heavy (non-hydrogen) atoms. The summed E-state index contributed by atoms with van der Waals surface area (Å²) >= 11 is 0. The number of carbonyl (C=O) groups excluding carboxylic acids is 2. The van der Waals surface area contributed by atoms with E-state index in [9.17, 15) is 18.4 Å². The number of benzene rings is 2. The minimum Gasteiger partial charge on any atom is -0.497 e. The highest BCUT2D eigenvalue weighted by Crippen LogP contribution is 2.29. The van der Waals surface area contributed by atoms with Gasteiger partial charge >= 0.3 is 5.97 Å². The van der Waals surface area contributed by atoms with Gasteiger partial charge in [-0.05, 0) is 37.3 Å². The van der Waals surface area contributed by atoms with Crippen LogP contribution in [0.4, 0.5) is 8.78 Å². The van der Waals surface area contributed by atoms with Crippen molar-refractivity contribution in [3.63, 3.8) is 0 Å². The Morgan fingerprint density at radius 1 is 1.07 bits per heavy atom. The molecule has 0 unspecified atom stereocenters. The van der Waals surface area contributed by atoms with E-state index in [4.69, 9.17) is 14.2 Å². The molecule has 2 aromatic rings. The van der Waals surface area contributed by atoms with E-state index < -0.39 is 41.7 Å². The third-order valence-corrected chi connectivity index (χ3v) is 3.78.